The van der Waals surface area contributed by atoms with Crippen molar-refractivity contribution in [1.29, 1.82) is 0 Å². The van der Waals surface area contributed by atoms with Gasteiger partial charge in [0.1, 0.15) is 30.0 Å². The van der Waals surface area contributed by atoms with Crippen LogP contribution in [-0.2, 0) is 9.47 Å². The fourth-order valence-corrected chi connectivity index (χ4v) is 8.09. The minimum absolute atomic E-state index is 0.0660. The summed E-state index contributed by atoms with van der Waals surface area (Å²) in [5.41, 5.74) is -9.55. The van der Waals surface area contributed by atoms with Gasteiger partial charge in [-0.15, -0.1) is 0 Å². The molecule has 244 valence electrons. The molecule has 0 saturated heterocycles. The van der Waals surface area contributed by atoms with Crippen LogP contribution in [0.3, 0.4) is 0 Å². The van der Waals surface area contributed by atoms with Gasteiger partial charge in [-0.1, -0.05) is 56.8 Å². The molecular formula is C34H42O11. The predicted molar refractivity (Wildman–Crippen MR) is 160 cm³/mol. The van der Waals surface area contributed by atoms with E-state index in [1.807, 2.05) is 0 Å². The van der Waals surface area contributed by atoms with Crippen LogP contribution in [0.25, 0.3) is 0 Å². The third-order valence-corrected chi connectivity index (χ3v) is 10.7. The number of hydrogen-bond acceptors (Lipinski definition) is 11. The van der Waals surface area contributed by atoms with E-state index in [0.717, 1.165) is 0 Å². The third-order valence-electron chi connectivity index (χ3n) is 10.7. The van der Waals surface area contributed by atoms with E-state index in [4.69, 9.17) is 9.47 Å². The topological polar surface area (TPSA) is 194 Å². The first-order valence-corrected chi connectivity index (χ1v) is 15.1. The van der Waals surface area contributed by atoms with E-state index in [-0.39, 0.29) is 29.5 Å². The van der Waals surface area contributed by atoms with Gasteiger partial charge < -0.3 is 45.2 Å². The van der Waals surface area contributed by atoms with E-state index in [0.29, 0.717) is 0 Å². The third kappa shape index (κ3) is 4.93. The van der Waals surface area contributed by atoms with Crippen molar-refractivity contribution >= 4 is 11.9 Å². The van der Waals surface area contributed by atoms with Crippen LogP contribution in [0.15, 0.2) is 72.8 Å². The molecule has 0 heterocycles. The molecule has 0 aromatic heterocycles. The first-order chi connectivity index (χ1) is 21.0. The molecule has 0 aliphatic heterocycles. The van der Waals surface area contributed by atoms with Gasteiger partial charge in [-0.3, -0.25) is 0 Å². The molecule has 3 aliphatic carbocycles. The Kier molecular flexibility index (Phi) is 8.54. The van der Waals surface area contributed by atoms with Crippen LogP contribution in [0.5, 0.6) is 0 Å². The lowest BCUT2D eigenvalue weighted by molar-refractivity contribution is -0.265. The Hall–Kier alpha value is -3.16. The highest BCUT2D eigenvalue weighted by Gasteiger charge is 2.78. The fraction of sp³-hybridized carbons (Fsp3) is 0.529. The summed E-state index contributed by atoms with van der Waals surface area (Å²) in [6, 6.07) is 15.6. The molecule has 11 heteroatoms. The minimum Gasteiger partial charge on any atom is -0.459 e. The number of esters is 2. The van der Waals surface area contributed by atoms with Crippen LogP contribution in [0.4, 0.5) is 0 Å². The van der Waals surface area contributed by atoms with Crippen molar-refractivity contribution in [2.75, 3.05) is 6.61 Å². The summed E-state index contributed by atoms with van der Waals surface area (Å²) in [4.78, 5) is 26.4. The molecule has 11 nitrogen and oxygen atoms in total. The smallest absolute Gasteiger partial charge is 0.338 e. The van der Waals surface area contributed by atoms with Crippen molar-refractivity contribution in [3.05, 3.63) is 83.9 Å². The molecule has 0 spiro atoms. The number of fused-ring (bicyclic) bond motifs is 3. The number of hydrogen-bond donors (Lipinski definition) is 7. The van der Waals surface area contributed by atoms with E-state index in [2.05, 4.69) is 6.58 Å². The molecule has 0 bridgehead atoms. The van der Waals surface area contributed by atoms with E-state index in [1.54, 1.807) is 50.2 Å². The summed E-state index contributed by atoms with van der Waals surface area (Å²) in [7, 11) is 0. The molecule has 0 unspecified atom stereocenters. The second kappa shape index (κ2) is 11.6. The van der Waals surface area contributed by atoms with Crippen molar-refractivity contribution in [3.8, 4) is 0 Å². The molecular weight excluding hydrogens is 584 g/mol. The summed E-state index contributed by atoms with van der Waals surface area (Å²) in [6.45, 7) is 7.45. The first kappa shape index (κ1) is 33.2. The summed E-state index contributed by atoms with van der Waals surface area (Å²) < 4.78 is 11.3. The lowest BCUT2D eigenvalue weighted by Gasteiger charge is -2.58. The fourth-order valence-electron chi connectivity index (χ4n) is 8.09. The zero-order chi connectivity index (χ0) is 33.1. The zero-order valence-electron chi connectivity index (χ0n) is 25.5. The van der Waals surface area contributed by atoms with Gasteiger partial charge in [0.15, 0.2) is 5.60 Å². The summed E-state index contributed by atoms with van der Waals surface area (Å²) in [6.07, 6.45) is -8.45. The minimum atomic E-state index is -2.94. The predicted octanol–water partition coefficient (Wildman–Crippen LogP) is 0.978. The molecule has 2 aromatic carbocycles. The van der Waals surface area contributed by atoms with Gasteiger partial charge in [-0.2, -0.15) is 0 Å². The second-order valence-corrected chi connectivity index (χ2v) is 13.3. The van der Waals surface area contributed by atoms with Crippen molar-refractivity contribution in [3.63, 3.8) is 0 Å². The number of carbonyl (C=O) groups is 2. The Morgan fingerprint density at radius 1 is 0.844 bits per heavy atom. The van der Waals surface area contributed by atoms with Crippen molar-refractivity contribution in [1.82, 2.24) is 0 Å². The highest BCUT2D eigenvalue weighted by Crippen LogP contribution is 2.62. The Balaban J connectivity index is 1.68. The van der Waals surface area contributed by atoms with Gasteiger partial charge in [0.25, 0.3) is 0 Å². The van der Waals surface area contributed by atoms with Gasteiger partial charge in [-0.05, 0) is 61.4 Å². The van der Waals surface area contributed by atoms with E-state index >= 15 is 0 Å². The van der Waals surface area contributed by atoms with Gasteiger partial charge in [0.2, 0.25) is 0 Å². The van der Waals surface area contributed by atoms with Crippen molar-refractivity contribution in [2.24, 2.45) is 23.7 Å². The lowest BCUT2D eigenvalue weighted by atomic mass is 9.53. The number of ether oxygens (including phenoxy) is 2. The number of rotatable bonds is 6. The number of carbonyl (C=O) groups excluding carboxylic acids is 2. The Morgan fingerprint density at radius 3 is 1.91 bits per heavy atom. The largest absolute Gasteiger partial charge is 0.459 e. The standard InChI is InChI=1S/C34H42O11/c1-18(2)31(40)16-20(4)33(42)23-15-19(3)25(35)34(23,43)30(39)32(41,17-44-28(37)21-11-7-5-8-12-21)26(36)24(33)27(31)45-29(38)22-13-9-6-10-14-22/h5-14,19-20,23-27,30,35-36,39-43H,1,15-17H2,2-4H3/t19-,20+,23-,24-,25-,26-,27+,30+,31+,32+,33-,34+/m0/s1. The molecule has 0 radical (unpaired) electrons. The van der Waals surface area contributed by atoms with E-state index < -0.39 is 89.0 Å². The SMILES string of the molecule is C=C(C)[C@]1(O)C[C@@H](C)[C@@]2(O)[C@H]([C@H]1OC(=O)c1ccccc1)[C@H](O)[C@](O)(COC(=O)c1ccccc1)[C@@H](O)[C@@]1(O)[C@H]2C[C@H](C)[C@@H]1O. The normalized spacial score (nSPS) is 42.5. The molecule has 5 rings (SSSR count). The lowest BCUT2D eigenvalue weighted by Crippen LogP contribution is -2.72. The summed E-state index contributed by atoms with van der Waals surface area (Å²) >= 11 is 0. The molecule has 3 saturated carbocycles. The van der Waals surface area contributed by atoms with Crippen LogP contribution >= 0.6 is 0 Å². The van der Waals surface area contributed by atoms with Gasteiger partial charge in [0, 0.05) is 5.92 Å². The summed E-state index contributed by atoms with van der Waals surface area (Å²) in [5.74, 6) is -6.70. The van der Waals surface area contributed by atoms with Crippen molar-refractivity contribution < 1.29 is 54.8 Å². The maximum absolute atomic E-state index is 13.5. The van der Waals surface area contributed by atoms with Crippen LogP contribution in [0, 0.1) is 23.7 Å². The molecule has 7 N–H and O–H groups in total. The molecule has 3 aliphatic rings. The Morgan fingerprint density at radius 2 is 1.38 bits per heavy atom. The van der Waals surface area contributed by atoms with Crippen LogP contribution in [0.1, 0.15) is 54.3 Å². The number of benzene rings is 2. The molecule has 2 aromatic rings. The van der Waals surface area contributed by atoms with Crippen molar-refractivity contribution in [2.45, 2.75) is 80.4 Å². The Bertz CT molecular complexity index is 1430. The van der Waals surface area contributed by atoms with Gasteiger partial charge in [0.05, 0.1) is 34.9 Å². The summed E-state index contributed by atoms with van der Waals surface area (Å²) in [5, 5.41) is 84.5. The molecule has 45 heavy (non-hydrogen) atoms. The Labute approximate surface area is 261 Å². The zero-order valence-corrected chi connectivity index (χ0v) is 25.5. The average Bonchev–Trinajstić information content (AvgIpc) is 3.25. The first-order valence-electron chi connectivity index (χ1n) is 15.1. The quantitative estimate of drug-likeness (QED) is 0.178. The highest BCUT2D eigenvalue weighted by atomic mass is 16.6. The van der Waals surface area contributed by atoms with Crippen LogP contribution < -0.4 is 0 Å². The molecule has 12 atom stereocenters. The monoisotopic (exact) mass is 626 g/mol. The highest BCUT2D eigenvalue weighted by molar-refractivity contribution is 5.90. The second-order valence-electron chi connectivity index (χ2n) is 13.3. The van der Waals surface area contributed by atoms with E-state index in [1.165, 1.54) is 31.2 Å². The van der Waals surface area contributed by atoms with Crippen LogP contribution in [0.2, 0.25) is 0 Å². The molecule has 3 fully saturated rings. The maximum atomic E-state index is 13.5. The number of aliphatic hydroxyl groups is 7. The number of aliphatic hydroxyl groups excluding tert-OH is 3. The van der Waals surface area contributed by atoms with E-state index in [9.17, 15) is 45.3 Å². The van der Waals surface area contributed by atoms with Gasteiger partial charge in [-0.25, -0.2) is 9.59 Å². The average molecular weight is 627 g/mol. The maximum Gasteiger partial charge on any atom is 0.338 e. The van der Waals surface area contributed by atoms with Crippen LogP contribution in [-0.4, -0.2) is 101 Å². The van der Waals surface area contributed by atoms with Gasteiger partial charge >= 0.3 is 11.9 Å². The molecule has 0 amide bonds.